The molecule has 0 saturated carbocycles. The average Bonchev–Trinajstić information content (AvgIpc) is 1.79. The second-order valence-corrected chi connectivity index (χ2v) is 2.75. The lowest BCUT2D eigenvalue weighted by Gasteiger charge is -2.12. The summed E-state index contributed by atoms with van der Waals surface area (Å²) < 4.78 is 4.67. The standard InChI is InChI=1S/C6H8O3/c1-6(2)3-4(7)5(8)9-6/h3H2,1-2H3. The van der Waals surface area contributed by atoms with Crippen LogP contribution in [0.2, 0.25) is 0 Å². The van der Waals surface area contributed by atoms with Gasteiger partial charge in [0.1, 0.15) is 5.60 Å². The Labute approximate surface area is 53.0 Å². The summed E-state index contributed by atoms with van der Waals surface area (Å²) in [5.74, 6) is -1.11. The van der Waals surface area contributed by atoms with E-state index in [0.717, 1.165) is 0 Å². The molecule has 0 unspecified atom stereocenters. The first kappa shape index (κ1) is 6.26. The molecule has 3 nitrogen and oxygen atoms in total. The van der Waals surface area contributed by atoms with Gasteiger partial charge in [0.05, 0.1) is 6.42 Å². The lowest BCUT2D eigenvalue weighted by molar-refractivity contribution is -0.151. The lowest BCUT2D eigenvalue weighted by Crippen LogP contribution is -2.17. The molecule has 0 radical (unpaired) electrons. The highest BCUT2D eigenvalue weighted by atomic mass is 16.6. The summed E-state index contributed by atoms with van der Waals surface area (Å²) in [6.45, 7) is 3.44. The molecule has 0 amide bonds. The maximum Gasteiger partial charge on any atom is 0.375 e. The molecule has 1 aliphatic rings. The van der Waals surface area contributed by atoms with Gasteiger partial charge in [0, 0.05) is 0 Å². The van der Waals surface area contributed by atoms with Gasteiger partial charge in [0.15, 0.2) is 0 Å². The van der Waals surface area contributed by atoms with Gasteiger partial charge < -0.3 is 4.74 Å². The molecular formula is C6H8O3. The summed E-state index contributed by atoms with van der Waals surface area (Å²) in [7, 11) is 0. The summed E-state index contributed by atoms with van der Waals surface area (Å²) in [5, 5.41) is 0. The summed E-state index contributed by atoms with van der Waals surface area (Å²) in [6, 6.07) is 0. The number of carbonyl (C=O) groups excluding carboxylic acids is 2. The number of Topliss-reactive ketones (excluding diaryl/α,β-unsaturated/α-hetero) is 1. The number of hydrogen-bond acceptors (Lipinski definition) is 3. The molecule has 1 heterocycles. The van der Waals surface area contributed by atoms with E-state index in [1.165, 1.54) is 0 Å². The highest BCUT2D eigenvalue weighted by Gasteiger charge is 2.38. The summed E-state index contributed by atoms with van der Waals surface area (Å²) >= 11 is 0. The molecular weight excluding hydrogens is 120 g/mol. The van der Waals surface area contributed by atoms with Gasteiger partial charge in [-0.05, 0) is 13.8 Å². The minimum Gasteiger partial charge on any atom is -0.453 e. The predicted octanol–water partition coefficient (Wildman–Crippen LogP) is 0.281. The fourth-order valence-corrected chi connectivity index (χ4v) is 0.803. The number of esters is 1. The molecule has 0 aromatic rings. The maximum atomic E-state index is 10.5. The van der Waals surface area contributed by atoms with Gasteiger partial charge >= 0.3 is 5.97 Å². The number of cyclic esters (lactones) is 1. The van der Waals surface area contributed by atoms with E-state index in [2.05, 4.69) is 4.74 Å². The smallest absolute Gasteiger partial charge is 0.375 e. The molecule has 1 aliphatic heterocycles. The van der Waals surface area contributed by atoms with Crippen LogP contribution in [0.4, 0.5) is 0 Å². The van der Waals surface area contributed by atoms with Crippen molar-refractivity contribution in [3.05, 3.63) is 0 Å². The van der Waals surface area contributed by atoms with Crippen LogP contribution >= 0.6 is 0 Å². The molecule has 3 heteroatoms. The third-order valence-corrected chi connectivity index (χ3v) is 1.18. The Kier molecular flexibility index (Phi) is 1.08. The maximum absolute atomic E-state index is 10.5. The van der Waals surface area contributed by atoms with Gasteiger partial charge in [-0.25, -0.2) is 4.79 Å². The van der Waals surface area contributed by atoms with Crippen molar-refractivity contribution in [1.29, 1.82) is 0 Å². The van der Waals surface area contributed by atoms with Crippen molar-refractivity contribution < 1.29 is 14.3 Å². The molecule has 50 valence electrons. The molecule has 0 aliphatic carbocycles. The number of ether oxygens (including phenoxy) is 1. The van der Waals surface area contributed by atoms with Crippen molar-refractivity contribution in [3.63, 3.8) is 0 Å². The molecule has 0 atom stereocenters. The van der Waals surface area contributed by atoms with Crippen molar-refractivity contribution in [1.82, 2.24) is 0 Å². The molecule has 0 aromatic heterocycles. The van der Waals surface area contributed by atoms with E-state index in [1.807, 2.05) is 0 Å². The third kappa shape index (κ3) is 1.09. The SMILES string of the molecule is CC1(C)CC(=O)C(=O)O1. The van der Waals surface area contributed by atoms with Crippen LogP contribution in [0.1, 0.15) is 20.3 Å². The Morgan fingerprint density at radius 3 is 2.11 bits per heavy atom. The first-order chi connectivity index (χ1) is 4.01. The average molecular weight is 128 g/mol. The van der Waals surface area contributed by atoms with Gasteiger partial charge in [0.2, 0.25) is 5.78 Å². The second kappa shape index (κ2) is 1.56. The van der Waals surface area contributed by atoms with E-state index in [-0.39, 0.29) is 6.42 Å². The van der Waals surface area contributed by atoms with Crippen LogP contribution in [0.25, 0.3) is 0 Å². The second-order valence-electron chi connectivity index (χ2n) is 2.75. The lowest BCUT2D eigenvalue weighted by atomic mass is 10.1. The van der Waals surface area contributed by atoms with Gasteiger partial charge in [-0.15, -0.1) is 0 Å². The number of hydrogen-bond donors (Lipinski definition) is 0. The molecule has 0 aromatic carbocycles. The number of ketones is 1. The Morgan fingerprint density at radius 2 is 2.00 bits per heavy atom. The van der Waals surface area contributed by atoms with E-state index in [1.54, 1.807) is 13.8 Å². The zero-order valence-corrected chi connectivity index (χ0v) is 5.43. The van der Waals surface area contributed by atoms with Crippen LogP contribution in [0.5, 0.6) is 0 Å². The highest BCUT2D eigenvalue weighted by Crippen LogP contribution is 2.21. The van der Waals surface area contributed by atoms with Crippen LogP contribution in [-0.4, -0.2) is 17.4 Å². The Bertz CT molecular complexity index is 151. The molecule has 1 saturated heterocycles. The largest absolute Gasteiger partial charge is 0.453 e. The molecule has 1 rings (SSSR count). The van der Waals surface area contributed by atoms with Gasteiger partial charge in [-0.2, -0.15) is 0 Å². The van der Waals surface area contributed by atoms with Crippen molar-refractivity contribution in [2.75, 3.05) is 0 Å². The third-order valence-electron chi connectivity index (χ3n) is 1.18. The van der Waals surface area contributed by atoms with Crippen LogP contribution in [0, 0.1) is 0 Å². The predicted molar refractivity (Wildman–Crippen MR) is 29.8 cm³/mol. The Balaban J connectivity index is 2.76. The van der Waals surface area contributed by atoms with Crippen LogP contribution in [-0.2, 0) is 14.3 Å². The van der Waals surface area contributed by atoms with Crippen molar-refractivity contribution in [3.8, 4) is 0 Å². The molecule has 0 spiro atoms. The Morgan fingerprint density at radius 1 is 1.44 bits per heavy atom. The van der Waals surface area contributed by atoms with E-state index >= 15 is 0 Å². The van der Waals surface area contributed by atoms with E-state index in [4.69, 9.17) is 0 Å². The summed E-state index contributed by atoms with van der Waals surface area (Å²) in [4.78, 5) is 20.9. The number of carbonyl (C=O) groups is 2. The normalized spacial score (nSPS) is 24.2. The first-order valence-electron chi connectivity index (χ1n) is 2.77. The minimum absolute atomic E-state index is 0.214. The van der Waals surface area contributed by atoms with E-state index in [0.29, 0.717) is 0 Å². The van der Waals surface area contributed by atoms with Crippen molar-refractivity contribution in [2.24, 2.45) is 0 Å². The van der Waals surface area contributed by atoms with Crippen LogP contribution < -0.4 is 0 Å². The van der Waals surface area contributed by atoms with Crippen molar-refractivity contribution >= 4 is 11.8 Å². The molecule has 9 heavy (non-hydrogen) atoms. The zero-order chi connectivity index (χ0) is 7.07. The van der Waals surface area contributed by atoms with Crippen molar-refractivity contribution in [2.45, 2.75) is 25.9 Å². The zero-order valence-electron chi connectivity index (χ0n) is 5.43. The van der Waals surface area contributed by atoms with Gasteiger partial charge in [0.25, 0.3) is 0 Å². The van der Waals surface area contributed by atoms with Gasteiger partial charge in [-0.3, -0.25) is 4.79 Å². The first-order valence-corrected chi connectivity index (χ1v) is 2.77. The highest BCUT2D eigenvalue weighted by molar-refractivity contribution is 6.35. The fraction of sp³-hybridized carbons (Fsp3) is 0.667. The molecule has 0 N–H and O–H groups in total. The molecule has 1 fully saturated rings. The Hall–Kier alpha value is -0.860. The van der Waals surface area contributed by atoms with E-state index < -0.39 is 17.4 Å². The number of rotatable bonds is 0. The summed E-state index contributed by atoms with van der Waals surface area (Å²) in [5.41, 5.74) is -0.561. The topological polar surface area (TPSA) is 43.4 Å². The fourth-order valence-electron chi connectivity index (χ4n) is 0.803. The van der Waals surface area contributed by atoms with Crippen LogP contribution in [0.15, 0.2) is 0 Å². The van der Waals surface area contributed by atoms with E-state index in [9.17, 15) is 9.59 Å². The monoisotopic (exact) mass is 128 g/mol. The van der Waals surface area contributed by atoms with Crippen LogP contribution in [0.3, 0.4) is 0 Å². The molecule has 0 bridgehead atoms. The van der Waals surface area contributed by atoms with Gasteiger partial charge in [-0.1, -0.05) is 0 Å². The quantitative estimate of drug-likeness (QED) is 0.347. The summed E-state index contributed by atoms with van der Waals surface area (Å²) in [6.07, 6.45) is 0.214. The minimum atomic E-state index is -0.694.